The number of aliphatic carboxylic acids is 1. The fourth-order valence-electron chi connectivity index (χ4n) is 5.51. The second-order valence-electron chi connectivity index (χ2n) is 10.0. The number of hydrogen-bond acceptors (Lipinski definition) is 9. The number of amides is 2. The molecular weight excluding hydrogens is 560 g/mol. The Hall–Kier alpha value is -2.73. The molecule has 0 saturated carbocycles. The first-order valence-electron chi connectivity index (χ1n) is 12.7. The van der Waals surface area contributed by atoms with Gasteiger partial charge < -0.3 is 15.1 Å². The summed E-state index contributed by atoms with van der Waals surface area (Å²) in [4.78, 5) is 75.4. The second-order valence-corrected chi connectivity index (χ2v) is 11.8. The molecule has 0 unspecified atom stereocenters. The van der Waals surface area contributed by atoms with Crippen molar-refractivity contribution in [3.63, 3.8) is 0 Å². The van der Waals surface area contributed by atoms with Gasteiger partial charge >= 0.3 is 35.5 Å². The third-order valence-corrected chi connectivity index (χ3v) is 8.73. The van der Waals surface area contributed by atoms with Crippen LogP contribution in [0.5, 0.6) is 0 Å². The van der Waals surface area contributed by atoms with E-state index < -0.39 is 55.4 Å². The van der Waals surface area contributed by atoms with Crippen LogP contribution < -0.4 is 44.9 Å². The third kappa shape index (κ3) is 6.53. The number of carboxylic acid groups (broad SMARTS) is 1. The molecule has 2 aliphatic heterocycles. The molecule has 1 fully saturated rings. The number of benzene rings is 3. The van der Waals surface area contributed by atoms with Crippen LogP contribution in [0.1, 0.15) is 39.1 Å². The molecule has 4 atom stereocenters. The Bertz CT molecular complexity index is 1450. The first-order chi connectivity index (χ1) is 19.0. The molecule has 0 aliphatic carbocycles. The van der Waals surface area contributed by atoms with E-state index in [1.807, 2.05) is 12.1 Å². The number of imide groups is 1. The van der Waals surface area contributed by atoms with Gasteiger partial charge in [0.05, 0.1) is 0 Å². The van der Waals surface area contributed by atoms with E-state index in [0.29, 0.717) is 22.1 Å². The van der Waals surface area contributed by atoms with E-state index in [2.05, 4.69) is 10.3 Å². The summed E-state index contributed by atoms with van der Waals surface area (Å²) >= 11 is 0. The van der Waals surface area contributed by atoms with Gasteiger partial charge in [-0.15, -0.1) is 0 Å². The van der Waals surface area contributed by atoms with Crippen LogP contribution in [0.3, 0.4) is 0 Å². The van der Waals surface area contributed by atoms with Crippen LogP contribution in [-0.2, 0) is 11.2 Å². The van der Waals surface area contributed by atoms with Gasteiger partial charge in [-0.05, 0) is 41.8 Å². The topological polar surface area (TPSA) is 186 Å². The Morgan fingerprint density at radius 2 is 1.63 bits per heavy atom. The molecule has 0 bridgehead atoms. The molecule has 3 aromatic rings. The quantitative estimate of drug-likeness (QED) is 0.0702. The zero-order valence-corrected chi connectivity index (χ0v) is 25.1. The molecule has 0 radical (unpaired) electrons. The average Bonchev–Trinajstić information content (AvgIpc) is 3.37. The van der Waals surface area contributed by atoms with Gasteiger partial charge in [-0.3, -0.25) is 24.8 Å². The van der Waals surface area contributed by atoms with E-state index in [-0.39, 0.29) is 55.4 Å². The maximum atomic E-state index is 13.2. The van der Waals surface area contributed by atoms with E-state index in [4.69, 9.17) is 0 Å². The number of nitrogens with zero attached hydrogens (tertiary/aromatic N) is 2. The van der Waals surface area contributed by atoms with Crippen molar-refractivity contribution in [3.8, 4) is 0 Å². The van der Waals surface area contributed by atoms with Gasteiger partial charge in [-0.1, -0.05) is 54.6 Å². The number of aliphatic imine (C=N–C) groups is 1. The second kappa shape index (κ2) is 12.6. The minimum absolute atomic E-state index is 0. The number of hydrogen-bond donors (Lipinski definition) is 4. The first kappa shape index (κ1) is 31.2. The zero-order chi connectivity index (χ0) is 28.6. The summed E-state index contributed by atoms with van der Waals surface area (Å²) in [5, 5.41) is 26.5. The summed E-state index contributed by atoms with van der Waals surface area (Å²) in [5.74, 6) is -5.32. The standard InChI is InChI=1S/C28H28N3O8P.Na/c32-24(29-22(28(35)36)14-16-6-2-1-3-7-16)21-15-18(25(30-21)40(37,38)39)12-13-31-26(33)19-10-4-8-17-9-5-11-20(23(17)19)27(31)34;/h1-11,18,21-22,25,30H,12-15H2,(H,29,32)(H,35,36)(H2,37,38,39);/q;+1/p-1/t18-,21+,22-,25-;/m0./s1. The summed E-state index contributed by atoms with van der Waals surface area (Å²) in [5.41, 5.74) is 1.41. The third-order valence-electron chi connectivity index (χ3n) is 7.44. The van der Waals surface area contributed by atoms with E-state index in [0.717, 1.165) is 10.3 Å². The monoisotopic (exact) mass is 587 g/mol. The van der Waals surface area contributed by atoms with Crippen molar-refractivity contribution in [2.24, 2.45) is 10.9 Å². The van der Waals surface area contributed by atoms with Gasteiger partial charge in [0.15, 0.2) is 5.78 Å². The van der Waals surface area contributed by atoms with Gasteiger partial charge in [0, 0.05) is 41.4 Å². The Morgan fingerprint density at radius 3 is 2.20 bits per heavy atom. The van der Waals surface area contributed by atoms with Crippen LogP contribution in [0.15, 0.2) is 71.7 Å². The molecule has 3 aromatic carbocycles. The molecule has 1 saturated heterocycles. The summed E-state index contributed by atoms with van der Waals surface area (Å²) in [6.45, 7) is -0.116. The van der Waals surface area contributed by atoms with Crippen molar-refractivity contribution >= 4 is 42.4 Å². The average molecular weight is 588 g/mol. The van der Waals surface area contributed by atoms with Crippen LogP contribution in [-0.4, -0.2) is 67.9 Å². The summed E-state index contributed by atoms with van der Waals surface area (Å²) in [6.07, 6.45) is -0.0415. The Balaban J connectivity index is 0.00000387. The van der Waals surface area contributed by atoms with Crippen molar-refractivity contribution in [1.29, 1.82) is 0 Å². The largest absolute Gasteiger partial charge is 1.00 e. The van der Waals surface area contributed by atoms with Crippen LogP contribution in [0.25, 0.3) is 10.8 Å². The van der Waals surface area contributed by atoms with E-state index in [9.17, 15) is 39.3 Å². The molecule has 11 nitrogen and oxygen atoms in total. The molecule has 4 N–H and O–H groups in total. The molecule has 41 heavy (non-hydrogen) atoms. The molecule has 2 amide bonds. The van der Waals surface area contributed by atoms with Crippen molar-refractivity contribution in [2.45, 2.75) is 37.1 Å². The van der Waals surface area contributed by atoms with E-state index in [1.54, 1.807) is 54.6 Å². The number of carboxylic acids is 1. The van der Waals surface area contributed by atoms with Gasteiger partial charge in [-0.25, -0.2) is 14.6 Å². The van der Waals surface area contributed by atoms with Crippen LogP contribution in [0, 0.1) is 5.92 Å². The number of rotatable bonds is 9. The molecular formula is C28H27N3NaO8P. The maximum Gasteiger partial charge on any atom is 1.00 e. The molecule has 0 spiro atoms. The van der Waals surface area contributed by atoms with Gasteiger partial charge in [0.2, 0.25) is 7.94 Å². The first-order valence-corrected chi connectivity index (χ1v) is 14.4. The van der Waals surface area contributed by atoms with Crippen LogP contribution in [0.2, 0.25) is 0 Å². The maximum absolute atomic E-state index is 13.2. The smallest absolute Gasteiger partial charge is 0.861 e. The van der Waals surface area contributed by atoms with Crippen molar-refractivity contribution in [3.05, 3.63) is 83.4 Å². The molecule has 2 aliphatic rings. The van der Waals surface area contributed by atoms with Crippen LogP contribution in [0.4, 0.5) is 0 Å². The van der Waals surface area contributed by atoms with Crippen LogP contribution >= 0.6 is 7.94 Å². The number of carbonyl (C=O) groups is 3. The van der Waals surface area contributed by atoms with Crippen molar-refractivity contribution in [2.75, 3.05) is 6.54 Å². The van der Waals surface area contributed by atoms with Gasteiger partial charge in [-0.2, -0.15) is 0 Å². The van der Waals surface area contributed by atoms with Gasteiger partial charge in [0.25, 0.3) is 11.8 Å². The fourth-order valence-corrected chi connectivity index (χ4v) is 6.70. The Morgan fingerprint density at radius 1 is 1.02 bits per heavy atom. The number of carbonyl (C=O) groups excluding carboxylic acids is 2. The fraction of sp³-hybridized carbons (Fsp3) is 0.286. The Labute approximate surface area is 258 Å². The predicted molar refractivity (Wildman–Crippen MR) is 143 cm³/mol. The summed E-state index contributed by atoms with van der Waals surface area (Å²) in [7, 11) is -4.75. The summed E-state index contributed by atoms with van der Waals surface area (Å²) in [6, 6.07) is 16.5. The molecule has 208 valence electrons. The molecule has 0 aromatic heterocycles. The minimum Gasteiger partial charge on any atom is -0.861 e. The predicted octanol–water partition coefficient (Wildman–Crippen LogP) is -2.30. The number of nitrogens with one attached hydrogen (secondary N) is 1. The normalized spacial score (nSPS) is 21.6. The molecule has 13 heteroatoms. The minimum atomic E-state index is -4.75. The molecule has 2 heterocycles. The van der Waals surface area contributed by atoms with Crippen molar-refractivity contribution < 1.29 is 68.8 Å². The Kier molecular flexibility index (Phi) is 9.63. The summed E-state index contributed by atoms with van der Waals surface area (Å²) < 4.78 is 0. The van der Waals surface area contributed by atoms with E-state index in [1.165, 1.54) is 0 Å². The van der Waals surface area contributed by atoms with Gasteiger partial charge in [0.1, 0.15) is 6.04 Å². The SMILES string of the molecule is O=C(O)[C@H](Cc1ccccc1)N=C([O-])[C@H]1C[C@H](CCN2C(=O)c3cccc4cccc(c34)C2=O)[C@H]([P+]([O-])(O)O)N1.[Na+]. The zero-order valence-electron chi connectivity index (χ0n) is 22.2. The van der Waals surface area contributed by atoms with Crippen molar-refractivity contribution in [1.82, 2.24) is 10.2 Å². The van der Waals surface area contributed by atoms with E-state index >= 15 is 0 Å². The molecule has 5 rings (SSSR count).